The van der Waals surface area contributed by atoms with Gasteiger partial charge < -0.3 is 15.0 Å². The molecule has 1 fully saturated rings. The van der Waals surface area contributed by atoms with Crippen molar-refractivity contribution in [2.45, 2.75) is 43.5 Å². The molecule has 0 unspecified atom stereocenters. The molecule has 1 heterocycles. The first-order valence-electron chi connectivity index (χ1n) is 10.7. The van der Waals surface area contributed by atoms with Crippen LogP contribution in [0.2, 0.25) is 0 Å². The summed E-state index contributed by atoms with van der Waals surface area (Å²) in [5.74, 6) is 1.38. The quantitative estimate of drug-likeness (QED) is 0.677. The maximum Gasteiger partial charge on any atom is 0.264 e. The Balaban J connectivity index is 1.51. The lowest BCUT2D eigenvalue weighted by atomic mass is 9.87. The van der Waals surface area contributed by atoms with E-state index in [4.69, 9.17) is 4.74 Å². The lowest BCUT2D eigenvalue weighted by molar-refractivity contribution is -0.114. The van der Waals surface area contributed by atoms with Gasteiger partial charge in [0.2, 0.25) is 0 Å². The number of fused-ring (bicyclic) bond motifs is 1. The predicted octanol–water partition coefficient (Wildman–Crippen LogP) is 5.11. The molecule has 31 heavy (non-hydrogen) atoms. The number of ether oxygens (including phenoxy) is 1. The zero-order valence-corrected chi connectivity index (χ0v) is 19.0. The Hall–Kier alpha value is -2.73. The average molecular weight is 437 g/mol. The van der Waals surface area contributed by atoms with Gasteiger partial charge >= 0.3 is 0 Å². The Bertz CT molecular complexity index is 1010. The van der Waals surface area contributed by atoms with Crippen LogP contribution >= 0.6 is 11.8 Å². The Morgan fingerprint density at radius 2 is 1.84 bits per heavy atom. The largest absolute Gasteiger partial charge is 0.497 e. The van der Waals surface area contributed by atoms with Crippen molar-refractivity contribution in [1.82, 2.24) is 5.32 Å². The lowest BCUT2D eigenvalue weighted by Crippen LogP contribution is -2.37. The third kappa shape index (κ3) is 4.79. The maximum absolute atomic E-state index is 13.0. The van der Waals surface area contributed by atoms with Crippen LogP contribution in [0.4, 0.5) is 5.69 Å². The van der Waals surface area contributed by atoms with Gasteiger partial charge in [-0.1, -0.05) is 30.8 Å². The summed E-state index contributed by atoms with van der Waals surface area (Å²) in [5, 5.41) is 3.17. The van der Waals surface area contributed by atoms with Crippen molar-refractivity contribution in [3.05, 3.63) is 58.5 Å². The van der Waals surface area contributed by atoms with E-state index in [-0.39, 0.29) is 17.9 Å². The van der Waals surface area contributed by atoms with Gasteiger partial charge in [-0.05, 0) is 73.6 Å². The Labute approximate surface area is 187 Å². The molecule has 2 aromatic rings. The van der Waals surface area contributed by atoms with E-state index in [1.807, 2.05) is 48.5 Å². The molecule has 1 aliphatic carbocycles. The predicted molar refractivity (Wildman–Crippen MR) is 126 cm³/mol. The fourth-order valence-electron chi connectivity index (χ4n) is 4.06. The zero-order valence-electron chi connectivity index (χ0n) is 18.2. The van der Waals surface area contributed by atoms with E-state index >= 15 is 0 Å². The Morgan fingerprint density at radius 1 is 1.13 bits per heavy atom. The molecule has 5 nitrogen and oxygen atoms in total. The normalized spacial score (nSPS) is 22.2. The van der Waals surface area contributed by atoms with Crippen LogP contribution in [-0.4, -0.2) is 32.0 Å². The van der Waals surface area contributed by atoms with Crippen LogP contribution in [0.15, 0.2) is 52.3 Å². The van der Waals surface area contributed by atoms with Gasteiger partial charge in [0, 0.05) is 23.5 Å². The second kappa shape index (κ2) is 9.18. The number of nitrogens with one attached hydrogen (secondary N) is 1. The summed E-state index contributed by atoms with van der Waals surface area (Å²) >= 11 is 1.44. The van der Waals surface area contributed by atoms with Crippen molar-refractivity contribution >= 4 is 35.3 Å². The topological polar surface area (TPSA) is 58.6 Å². The number of carbonyl (C=O) groups excluding carboxylic acids is 2. The molecule has 2 aliphatic rings. The molecule has 6 heteroatoms. The molecule has 162 valence electrons. The van der Waals surface area contributed by atoms with E-state index in [2.05, 4.69) is 12.2 Å². The van der Waals surface area contributed by atoms with Gasteiger partial charge in [-0.3, -0.25) is 9.59 Å². The van der Waals surface area contributed by atoms with Gasteiger partial charge in [0.05, 0.1) is 17.7 Å². The molecule has 1 saturated carbocycles. The molecular weight excluding hydrogens is 408 g/mol. The van der Waals surface area contributed by atoms with E-state index in [0.717, 1.165) is 53.5 Å². The highest BCUT2D eigenvalue weighted by Crippen LogP contribution is 2.42. The second-order valence-corrected chi connectivity index (χ2v) is 9.44. The molecule has 0 radical (unpaired) electrons. The van der Waals surface area contributed by atoms with Gasteiger partial charge in [-0.15, -0.1) is 0 Å². The highest BCUT2D eigenvalue weighted by Gasteiger charge is 2.28. The van der Waals surface area contributed by atoms with Crippen LogP contribution in [0.3, 0.4) is 0 Å². The summed E-state index contributed by atoms with van der Waals surface area (Å²) in [6.45, 7) is 2.27. The highest BCUT2D eigenvalue weighted by molar-refractivity contribution is 8.04. The molecule has 0 spiro atoms. The summed E-state index contributed by atoms with van der Waals surface area (Å²) in [6, 6.07) is 13.4. The van der Waals surface area contributed by atoms with E-state index in [1.165, 1.54) is 11.8 Å². The van der Waals surface area contributed by atoms with Crippen LogP contribution in [0.5, 0.6) is 5.75 Å². The molecule has 0 atom stereocenters. The number of thioether (sulfide) groups is 1. The van der Waals surface area contributed by atoms with Gasteiger partial charge in [-0.2, -0.15) is 0 Å². The average Bonchev–Trinajstić information content (AvgIpc) is 2.79. The number of amides is 2. The van der Waals surface area contributed by atoms with E-state index in [9.17, 15) is 9.59 Å². The van der Waals surface area contributed by atoms with Crippen molar-refractivity contribution < 1.29 is 14.3 Å². The summed E-state index contributed by atoms with van der Waals surface area (Å²) < 4.78 is 5.19. The molecular formula is C25H28N2O3S. The van der Waals surface area contributed by atoms with Crippen LogP contribution in [0.25, 0.3) is 6.08 Å². The molecule has 1 aliphatic heterocycles. The third-order valence-electron chi connectivity index (χ3n) is 6.08. The minimum Gasteiger partial charge on any atom is -0.497 e. The number of nitrogens with zero attached hydrogens (tertiary/aromatic N) is 1. The molecule has 0 saturated heterocycles. The minimum absolute atomic E-state index is 0.0622. The summed E-state index contributed by atoms with van der Waals surface area (Å²) in [5.41, 5.74) is 2.30. The van der Waals surface area contributed by atoms with Crippen molar-refractivity contribution in [2.75, 3.05) is 19.1 Å². The van der Waals surface area contributed by atoms with Crippen LogP contribution in [0, 0.1) is 5.92 Å². The zero-order chi connectivity index (χ0) is 22.0. The van der Waals surface area contributed by atoms with E-state index in [0.29, 0.717) is 10.5 Å². The molecule has 0 aromatic heterocycles. The van der Waals surface area contributed by atoms with Crippen LogP contribution in [0.1, 0.15) is 48.5 Å². The number of hydrogen-bond donors (Lipinski definition) is 1. The standard InChI is InChI=1S/C25H28N2O3S/c1-16-4-9-19(10-5-16)26-24(28)18-8-13-22-21(15-18)27(2)25(29)23(31-22)14-17-6-11-20(30-3)12-7-17/h6-8,11-16,19H,4-5,9-10H2,1-3H3,(H,26,28). The number of rotatable bonds is 4. The molecule has 2 aromatic carbocycles. The summed E-state index contributed by atoms with van der Waals surface area (Å²) in [7, 11) is 3.39. The Morgan fingerprint density at radius 3 is 2.52 bits per heavy atom. The minimum atomic E-state index is -0.0767. The molecule has 0 bridgehead atoms. The number of benzene rings is 2. The lowest BCUT2D eigenvalue weighted by Gasteiger charge is -2.28. The number of carbonyl (C=O) groups is 2. The Kier molecular flexibility index (Phi) is 6.37. The fourth-order valence-corrected chi connectivity index (χ4v) is 5.15. The van der Waals surface area contributed by atoms with Gasteiger partial charge in [0.1, 0.15) is 5.75 Å². The molecule has 1 N–H and O–H groups in total. The summed E-state index contributed by atoms with van der Waals surface area (Å²) in [6.07, 6.45) is 6.27. The van der Waals surface area contributed by atoms with Crippen molar-refractivity contribution in [3.63, 3.8) is 0 Å². The SMILES string of the molecule is COc1ccc(C=C2Sc3ccc(C(=O)NC4CCC(C)CC4)cc3N(C)C2=O)cc1. The first kappa shape index (κ1) is 21.5. The second-order valence-electron chi connectivity index (χ2n) is 8.36. The third-order valence-corrected chi connectivity index (χ3v) is 7.16. The first-order valence-corrected chi connectivity index (χ1v) is 11.5. The summed E-state index contributed by atoms with van der Waals surface area (Å²) in [4.78, 5) is 29.0. The maximum atomic E-state index is 13.0. The highest BCUT2D eigenvalue weighted by atomic mass is 32.2. The molecule has 4 rings (SSSR count). The number of hydrogen-bond acceptors (Lipinski definition) is 4. The van der Waals surface area contributed by atoms with E-state index in [1.54, 1.807) is 19.1 Å². The number of methoxy groups -OCH3 is 1. The van der Waals surface area contributed by atoms with Crippen molar-refractivity contribution in [3.8, 4) is 5.75 Å². The van der Waals surface area contributed by atoms with Gasteiger partial charge in [0.25, 0.3) is 11.8 Å². The van der Waals surface area contributed by atoms with Gasteiger partial charge in [-0.25, -0.2) is 0 Å². The first-order chi connectivity index (χ1) is 14.9. The number of anilines is 1. The van der Waals surface area contributed by atoms with E-state index < -0.39 is 0 Å². The smallest absolute Gasteiger partial charge is 0.264 e. The van der Waals surface area contributed by atoms with Crippen molar-refractivity contribution in [2.24, 2.45) is 5.92 Å². The van der Waals surface area contributed by atoms with Crippen molar-refractivity contribution in [1.29, 1.82) is 0 Å². The molecule has 2 amide bonds. The number of likely N-dealkylation sites (N-methyl/N-ethyl adjacent to an activating group) is 1. The van der Waals surface area contributed by atoms with Crippen LogP contribution < -0.4 is 15.0 Å². The fraction of sp³-hybridized carbons (Fsp3) is 0.360. The monoisotopic (exact) mass is 436 g/mol. The van der Waals surface area contributed by atoms with Gasteiger partial charge in [0.15, 0.2) is 0 Å². The van der Waals surface area contributed by atoms with Crippen LogP contribution in [-0.2, 0) is 4.79 Å².